The van der Waals surface area contributed by atoms with Crippen molar-refractivity contribution >= 4 is 39.3 Å². The predicted molar refractivity (Wildman–Crippen MR) is 95.5 cm³/mol. The number of hydrogen-bond donors (Lipinski definition) is 1. The van der Waals surface area contributed by atoms with Gasteiger partial charge in [0.25, 0.3) is 21.6 Å². The molecule has 26 heavy (non-hydrogen) atoms. The number of rotatable bonds is 6. The zero-order valence-corrected chi connectivity index (χ0v) is 15.0. The van der Waals surface area contributed by atoms with Crippen LogP contribution in [0.2, 0.25) is 5.02 Å². The standard InChI is InChI=1S/C16H13ClN2O6S/c1-25-13-6-7-15(14(10-13)19(21)22)26(23,24)18-16(20)8-5-11-3-2-4-12(17)9-11/h2-10H,1H3,(H,18,20). The van der Waals surface area contributed by atoms with Crippen molar-refractivity contribution in [2.24, 2.45) is 0 Å². The maximum absolute atomic E-state index is 12.3. The Labute approximate surface area is 154 Å². The van der Waals surface area contributed by atoms with Gasteiger partial charge in [-0.05, 0) is 35.9 Å². The molecule has 1 amide bonds. The van der Waals surface area contributed by atoms with E-state index in [2.05, 4.69) is 0 Å². The molecule has 0 aliphatic heterocycles. The molecule has 0 aliphatic carbocycles. The van der Waals surface area contributed by atoms with Crippen molar-refractivity contribution in [1.82, 2.24) is 4.72 Å². The lowest BCUT2D eigenvalue weighted by Crippen LogP contribution is -2.29. The number of nitrogens with one attached hydrogen (secondary N) is 1. The molecule has 10 heteroatoms. The summed E-state index contributed by atoms with van der Waals surface area (Å²) in [6.07, 6.45) is 2.34. The highest BCUT2D eigenvalue weighted by Gasteiger charge is 2.27. The van der Waals surface area contributed by atoms with E-state index in [-0.39, 0.29) is 5.75 Å². The van der Waals surface area contributed by atoms with Crippen LogP contribution in [0.4, 0.5) is 5.69 Å². The van der Waals surface area contributed by atoms with Gasteiger partial charge in [-0.3, -0.25) is 14.9 Å². The quantitative estimate of drug-likeness (QED) is 0.456. The van der Waals surface area contributed by atoms with Crippen LogP contribution in [0.5, 0.6) is 5.75 Å². The first-order valence-corrected chi connectivity index (χ1v) is 8.92. The first-order chi connectivity index (χ1) is 12.2. The number of ether oxygens (including phenoxy) is 1. The lowest BCUT2D eigenvalue weighted by Gasteiger charge is -2.07. The van der Waals surface area contributed by atoms with Crippen LogP contribution in [0.15, 0.2) is 53.4 Å². The smallest absolute Gasteiger partial charge is 0.293 e. The Morgan fingerprint density at radius 3 is 2.62 bits per heavy atom. The second-order valence-electron chi connectivity index (χ2n) is 4.95. The third kappa shape index (κ3) is 4.80. The van der Waals surface area contributed by atoms with Crippen molar-refractivity contribution in [3.05, 3.63) is 69.2 Å². The monoisotopic (exact) mass is 396 g/mol. The molecule has 0 radical (unpaired) electrons. The van der Waals surface area contributed by atoms with Crippen LogP contribution < -0.4 is 9.46 Å². The summed E-state index contributed by atoms with van der Waals surface area (Å²) in [6, 6.07) is 9.75. The Hall–Kier alpha value is -2.91. The van der Waals surface area contributed by atoms with Crippen molar-refractivity contribution in [3.63, 3.8) is 0 Å². The number of methoxy groups -OCH3 is 1. The average molecular weight is 397 g/mol. The van der Waals surface area contributed by atoms with Gasteiger partial charge in [-0.15, -0.1) is 0 Å². The van der Waals surface area contributed by atoms with Crippen LogP contribution in [0.1, 0.15) is 5.56 Å². The highest BCUT2D eigenvalue weighted by molar-refractivity contribution is 7.90. The summed E-state index contributed by atoms with van der Waals surface area (Å²) in [7, 11) is -3.16. The molecule has 0 aliphatic rings. The lowest BCUT2D eigenvalue weighted by molar-refractivity contribution is -0.387. The minimum atomic E-state index is -4.45. The maximum Gasteiger partial charge on any atom is 0.293 e. The number of nitro groups is 1. The van der Waals surface area contributed by atoms with Crippen molar-refractivity contribution in [1.29, 1.82) is 0 Å². The van der Waals surface area contributed by atoms with E-state index in [1.807, 2.05) is 0 Å². The van der Waals surface area contributed by atoms with Gasteiger partial charge in [0.15, 0.2) is 4.90 Å². The van der Waals surface area contributed by atoms with Crippen LogP contribution in [-0.4, -0.2) is 26.4 Å². The lowest BCUT2D eigenvalue weighted by atomic mass is 10.2. The van der Waals surface area contributed by atoms with Gasteiger partial charge in [0.2, 0.25) is 0 Å². The molecule has 2 aromatic carbocycles. The Morgan fingerprint density at radius 2 is 2.00 bits per heavy atom. The predicted octanol–water partition coefficient (Wildman–Crippen LogP) is 2.78. The third-order valence-electron chi connectivity index (χ3n) is 3.16. The number of sulfonamides is 1. The first-order valence-electron chi connectivity index (χ1n) is 7.06. The summed E-state index contributed by atoms with van der Waals surface area (Å²) in [6.45, 7) is 0. The van der Waals surface area contributed by atoms with E-state index >= 15 is 0 Å². The van der Waals surface area contributed by atoms with Gasteiger partial charge >= 0.3 is 0 Å². The highest BCUT2D eigenvalue weighted by atomic mass is 35.5. The summed E-state index contributed by atoms with van der Waals surface area (Å²) in [5.74, 6) is -0.849. The number of carbonyl (C=O) groups is 1. The Bertz CT molecular complexity index is 988. The number of nitrogens with zero attached hydrogens (tertiary/aromatic N) is 1. The zero-order chi connectivity index (χ0) is 19.3. The normalized spacial score (nSPS) is 11.3. The van der Waals surface area contributed by atoms with Gasteiger partial charge in [0, 0.05) is 11.1 Å². The molecular formula is C16H13ClN2O6S. The molecule has 136 valence electrons. The van der Waals surface area contributed by atoms with Crippen molar-refractivity contribution in [3.8, 4) is 5.75 Å². The van der Waals surface area contributed by atoms with E-state index in [0.29, 0.717) is 10.6 Å². The summed E-state index contributed by atoms with van der Waals surface area (Å²) in [4.78, 5) is 21.5. The summed E-state index contributed by atoms with van der Waals surface area (Å²) >= 11 is 5.81. The minimum absolute atomic E-state index is 0.114. The van der Waals surface area contributed by atoms with E-state index in [1.165, 1.54) is 19.3 Å². The van der Waals surface area contributed by atoms with Gasteiger partial charge in [0.1, 0.15) is 5.75 Å². The van der Waals surface area contributed by atoms with E-state index in [9.17, 15) is 23.3 Å². The molecule has 0 bridgehead atoms. The highest BCUT2D eigenvalue weighted by Crippen LogP contribution is 2.28. The van der Waals surface area contributed by atoms with Gasteiger partial charge in [-0.25, -0.2) is 13.1 Å². The largest absolute Gasteiger partial charge is 0.497 e. The van der Waals surface area contributed by atoms with Crippen molar-refractivity contribution in [2.75, 3.05) is 7.11 Å². The number of carbonyl (C=O) groups excluding carboxylic acids is 1. The fraction of sp³-hybridized carbons (Fsp3) is 0.0625. The van der Waals surface area contributed by atoms with Gasteiger partial charge in [0.05, 0.1) is 18.1 Å². The Morgan fingerprint density at radius 1 is 1.27 bits per heavy atom. The molecule has 0 saturated carbocycles. The molecular weight excluding hydrogens is 384 g/mol. The number of halogens is 1. The first kappa shape index (κ1) is 19.4. The zero-order valence-electron chi connectivity index (χ0n) is 13.4. The summed E-state index contributed by atoms with van der Waals surface area (Å²) in [5.41, 5.74) is -0.121. The van der Waals surface area contributed by atoms with E-state index in [4.69, 9.17) is 16.3 Å². The molecule has 2 aromatic rings. The second-order valence-corrected chi connectivity index (χ2v) is 7.04. The van der Waals surface area contributed by atoms with Crippen LogP contribution in [0.3, 0.4) is 0 Å². The topological polar surface area (TPSA) is 116 Å². The van der Waals surface area contributed by atoms with E-state index in [0.717, 1.165) is 18.2 Å². The van der Waals surface area contributed by atoms with Crippen LogP contribution in [0, 0.1) is 10.1 Å². The van der Waals surface area contributed by atoms with Crippen LogP contribution in [0.25, 0.3) is 6.08 Å². The fourth-order valence-electron chi connectivity index (χ4n) is 2.00. The molecule has 2 rings (SSSR count). The maximum atomic E-state index is 12.3. The number of benzene rings is 2. The van der Waals surface area contributed by atoms with Gasteiger partial charge in [-0.1, -0.05) is 23.7 Å². The average Bonchev–Trinajstić information content (AvgIpc) is 2.59. The molecule has 0 fully saturated rings. The number of hydrogen-bond acceptors (Lipinski definition) is 6. The number of nitro benzene ring substituents is 1. The van der Waals surface area contributed by atoms with Crippen LogP contribution >= 0.6 is 11.6 Å². The van der Waals surface area contributed by atoms with Gasteiger partial charge in [-0.2, -0.15) is 0 Å². The van der Waals surface area contributed by atoms with Crippen LogP contribution in [-0.2, 0) is 14.8 Å². The van der Waals surface area contributed by atoms with Crippen molar-refractivity contribution in [2.45, 2.75) is 4.90 Å². The fourth-order valence-corrected chi connectivity index (χ4v) is 3.30. The molecule has 0 spiro atoms. The third-order valence-corrected chi connectivity index (χ3v) is 4.79. The second kappa shape index (κ2) is 7.98. The SMILES string of the molecule is COc1ccc(S(=O)(=O)NC(=O)C=Cc2cccc(Cl)c2)c([N+](=O)[O-])c1. The molecule has 1 N–H and O–H groups in total. The molecule has 0 aromatic heterocycles. The summed E-state index contributed by atoms with van der Waals surface area (Å²) < 4.78 is 31.2. The number of amides is 1. The Kier molecular flexibility index (Phi) is 5.96. The molecule has 0 saturated heterocycles. The molecule has 0 atom stereocenters. The molecule has 8 nitrogen and oxygen atoms in total. The van der Waals surface area contributed by atoms with E-state index < -0.39 is 31.4 Å². The molecule has 0 unspecified atom stereocenters. The van der Waals surface area contributed by atoms with E-state index in [1.54, 1.807) is 29.0 Å². The summed E-state index contributed by atoms with van der Waals surface area (Å²) in [5, 5.41) is 11.6. The minimum Gasteiger partial charge on any atom is -0.497 e. The van der Waals surface area contributed by atoms with Crippen molar-refractivity contribution < 1.29 is 22.9 Å². The molecule has 0 heterocycles. The Balaban J connectivity index is 2.25. The van der Waals surface area contributed by atoms with Gasteiger partial charge < -0.3 is 4.74 Å².